The molecule has 2 aromatic carbocycles. The standard InChI is InChI=1S/C14H8O2.8CH4/c15-13-9-5-1-2-6-10(9)14(16)12-8-4-3-7-11(12)13;;;;;;;;/h1-8H;8*1H4. The quantitative estimate of drug-likeness (QED) is 0.424. The van der Waals surface area contributed by atoms with Crippen LogP contribution in [0.1, 0.15) is 91.3 Å². The maximum absolute atomic E-state index is 12.1. The summed E-state index contributed by atoms with van der Waals surface area (Å²) in [6.07, 6.45) is 0. The predicted molar refractivity (Wildman–Crippen MR) is 114 cm³/mol. The topological polar surface area (TPSA) is 34.1 Å². The summed E-state index contributed by atoms with van der Waals surface area (Å²) in [4.78, 5) is 24.2. The molecule has 3 rings (SSSR count). The minimum absolute atomic E-state index is 0. The molecule has 1 aliphatic rings. The highest BCUT2D eigenvalue weighted by molar-refractivity contribution is 6.28. The summed E-state index contributed by atoms with van der Waals surface area (Å²) in [5.41, 5.74) is 2.02. The van der Waals surface area contributed by atoms with Crippen LogP contribution in [0.4, 0.5) is 0 Å². The maximum Gasteiger partial charge on any atom is 0.194 e. The van der Waals surface area contributed by atoms with Gasteiger partial charge in [-0.25, -0.2) is 0 Å². The van der Waals surface area contributed by atoms with Crippen molar-refractivity contribution in [3.8, 4) is 0 Å². The molecule has 0 saturated heterocycles. The van der Waals surface area contributed by atoms with Gasteiger partial charge >= 0.3 is 0 Å². The molecule has 1 aliphatic carbocycles. The fourth-order valence-corrected chi connectivity index (χ4v) is 2.05. The van der Waals surface area contributed by atoms with Crippen LogP contribution in [0.2, 0.25) is 0 Å². The van der Waals surface area contributed by atoms with Gasteiger partial charge in [-0.1, -0.05) is 108 Å². The van der Waals surface area contributed by atoms with Crippen LogP contribution in [0.25, 0.3) is 0 Å². The molecule has 0 aromatic heterocycles. The zero-order valence-electron chi connectivity index (χ0n) is 8.44. The number of ketones is 2. The molecule has 0 N–H and O–H groups in total. The van der Waals surface area contributed by atoms with E-state index in [-0.39, 0.29) is 71.0 Å². The molecule has 0 unspecified atom stereocenters. The SMILES string of the molecule is C.C.C.C.C.C.C.C.O=C1c2ccccc2C(=O)c2ccccc21. The lowest BCUT2D eigenvalue weighted by atomic mass is 9.84. The van der Waals surface area contributed by atoms with E-state index in [4.69, 9.17) is 0 Å². The molecule has 0 atom stereocenters. The van der Waals surface area contributed by atoms with E-state index < -0.39 is 0 Å². The van der Waals surface area contributed by atoms with Gasteiger partial charge in [0.05, 0.1) is 0 Å². The first-order valence-electron chi connectivity index (χ1n) is 5.06. The van der Waals surface area contributed by atoms with E-state index in [1.165, 1.54) is 0 Å². The van der Waals surface area contributed by atoms with Crippen LogP contribution in [-0.4, -0.2) is 11.6 Å². The van der Waals surface area contributed by atoms with Crippen LogP contribution >= 0.6 is 0 Å². The summed E-state index contributed by atoms with van der Waals surface area (Å²) in [5.74, 6) is -0.128. The van der Waals surface area contributed by atoms with Gasteiger partial charge in [0, 0.05) is 22.3 Å². The minimum atomic E-state index is -0.0641. The molecule has 140 valence electrons. The fourth-order valence-electron chi connectivity index (χ4n) is 2.05. The summed E-state index contributed by atoms with van der Waals surface area (Å²) >= 11 is 0. The fraction of sp³-hybridized carbons (Fsp3) is 0.364. The summed E-state index contributed by atoms with van der Waals surface area (Å²) < 4.78 is 0. The number of carbonyl (C=O) groups is 2. The van der Waals surface area contributed by atoms with Crippen LogP contribution in [0.5, 0.6) is 0 Å². The van der Waals surface area contributed by atoms with Gasteiger partial charge in [0.25, 0.3) is 0 Å². The Morgan fingerprint density at radius 3 is 0.708 bits per heavy atom. The van der Waals surface area contributed by atoms with Gasteiger partial charge in [0.2, 0.25) is 0 Å². The predicted octanol–water partition coefficient (Wildman–Crippen LogP) is 7.55. The smallest absolute Gasteiger partial charge is 0.194 e. The van der Waals surface area contributed by atoms with Crippen molar-refractivity contribution in [3.05, 3.63) is 70.8 Å². The Labute approximate surface area is 152 Å². The van der Waals surface area contributed by atoms with Crippen molar-refractivity contribution in [2.24, 2.45) is 0 Å². The average molecular weight is 337 g/mol. The molecule has 0 aliphatic heterocycles. The van der Waals surface area contributed by atoms with Crippen LogP contribution in [0.3, 0.4) is 0 Å². The third-order valence-corrected chi connectivity index (χ3v) is 2.83. The molecule has 2 aromatic rings. The van der Waals surface area contributed by atoms with Gasteiger partial charge in [-0.05, 0) is 0 Å². The monoisotopic (exact) mass is 336 g/mol. The number of carbonyl (C=O) groups excluding carboxylic acids is 2. The lowest BCUT2D eigenvalue weighted by Gasteiger charge is -2.16. The van der Waals surface area contributed by atoms with Gasteiger partial charge < -0.3 is 0 Å². The first-order chi connectivity index (χ1) is 7.79. The van der Waals surface area contributed by atoms with Crippen molar-refractivity contribution in [1.82, 2.24) is 0 Å². The van der Waals surface area contributed by atoms with E-state index in [1.54, 1.807) is 48.5 Å². The van der Waals surface area contributed by atoms with E-state index >= 15 is 0 Å². The second-order valence-corrected chi connectivity index (χ2v) is 3.75. The number of hydrogen-bond donors (Lipinski definition) is 0. The second kappa shape index (κ2) is 14.4. The van der Waals surface area contributed by atoms with Crippen molar-refractivity contribution in [3.63, 3.8) is 0 Å². The van der Waals surface area contributed by atoms with E-state index in [2.05, 4.69) is 0 Å². The average Bonchev–Trinajstić information content (AvgIpc) is 2.36. The van der Waals surface area contributed by atoms with Gasteiger partial charge in [-0.2, -0.15) is 0 Å². The largest absolute Gasteiger partial charge is 0.289 e. The van der Waals surface area contributed by atoms with Crippen molar-refractivity contribution in [1.29, 1.82) is 0 Å². The Balaban J connectivity index is -0.000000101. The van der Waals surface area contributed by atoms with E-state index in [0.717, 1.165) is 0 Å². The number of rotatable bonds is 0. The highest BCUT2D eigenvalue weighted by Gasteiger charge is 2.28. The third kappa shape index (κ3) is 5.45. The molecule has 0 radical (unpaired) electrons. The van der Waals surface area contributed by atoms with Gasteiger partial charge in [-0.3, -0.25) is 9.59 Å². The Bertz CT molecular complexity index is 507. The van der Waals surface area contributed by atoms with Gasteiger partial charge in [0.1, 0.15) is 0 Å². The van der Waals surface area contributed by atoms with Crippen LogP contribution in [0.15, 0.2) is 48.5 Å². The van der Waals surface area contributed by atoms with E-state index in [0.29, 0.717) is 22.3 Å². The molecule has 24 heavy (non-hydrogen) atoms. The normalized spacial score (nSPS) is 8.83. The second-order valence-electron chi connectivity index (χ2n) is 3.75. The van der Waals surface area contributed by atoms with Crippen LogP contribution in [-0.2, 0) is 0 Å². The summed E-state index contributed by atoms with van der Waals surface area (Å²) in [6.45, 7) is 0. The maximum atomic E-state index is 12.1. The molecule has 0 spiro atoms. The van der Waals surface area contributed by atoms with Gasteiger partial charge in [-0.15, -0.1) is 0 Å². The Morgan fingerprint density at radius 2 is 0.542 bits per heavy atom. The van der Waals surface area contributed by atoms with Crippen molar-refractivity contribution in [2.45, 2.75) is 59.4 Å². The molecule has 0 fully saturated rings. The van der Waals surface area contributed by atoms with Gasteiger partial charge in [0.15, 0.2) is 11.6 Å². The molecule has 2 heteroatoms. The molecular weight excluding hydrogens is 296 g/mol. The molecule has 0 saturated carbocycles. The lowest BCUT2D eigenvalue weighted by Crippen LogP contribution is -2.20. The number of benzene rings is 2. The first kappa shape index (κ1) is 37.8. The van der Waals surface area contributed by atoms with E-state index in [1.807, 2.05) is 0 Å². The Kier molecular flexibility index (Phi) is 22.6. The van der Waals surface area contributed by atoms with Crippen LogP contribution in [0, 0.1) is 0 Å². The van der Waals surface area contributed by atoms with Crippen molar-refractivity contribution < 1.29 is 9.59 Å². The Morgan fingerprint density at radius 1 is 0.375 bits per heavy atom. The molecule has 0 bridgehead atoms. The molecular formula is C22H40O2. The number of fused-ring (bicyclic) bond motifs is 2. The minimum Gasteiger partial charge on any atom is -0.289 e. The van der Waals surface area contributed by atoms with E-state index in [9.17, 15) is 9.59 Å². The number of hydrogen-bond acceptors (Lipinski definition) is 2. The zero-order chi connectivity index (χ0) is 11.1. The first-order valence-corrected chi connectivity index (χ1v) is 5.06. The summed E-state index contributed by atoms with van der Waals surface area (Å²) in [7, 11) is 0. The summed E-state index contributed by atoms with van der Waals surface area (Å²) in [6, 6.07) is 13.9. The van der Waals surface area contributed by atoms with Crippen molar-refractivity contribution >= 4 is 11.6 Å². The Hall–Kier alpha value is -2.22. The molecule has 0 amide bonds. The highest BCUT2D eigenvalue weighted by Crippen LogP contribution is 2.26. The molecule has 0 heterocycles. The summed E-state index contributed by atoms with van der Waals surface area (Å²) in [5, 5.41) is 0. The van der Waals surface area contributed by atoms with Crippen molar-refractivity contribution in [2.75, 3.05) is 0 Å². The lowest BCUT2D eigenvalue weighted by molar-refractivity contribution is 0.0979. The highest BCUT2D eigenvalue weighted by atomic mass is 16.1. The third-order valence-electron chi connectivity index (χ3n) is 2.83. The molecule has 2 nitrogen and oxygen atoms in total. The van der Waals surface area contributed by atoms with Crippen LogP contribution < -0.4 is 0 Å². The zero-order valence-corrected chi connectivity index (χ0v) is 8.44.